The third-order valence-electron chi connectivity index (χ3n) is 4.62. The van der Waals surface area contributed by atoms with Crippen LogP contribution < -0.4 is 14.8 Å². The Bertz CT molecular complexity index is 1020. The van der Waals surface area contributed by atoms with Crippen LogP contribution in [0.4, 0.5) is 10.5 Å². The monoisotopic (exact) mass is 492 g/mol. The van der Waals surface area contributed by atoms with Crippen LogP contribution in [-0.4, -0.2) is 39.5 Å². The molecule has 0 aliphatic carbocycles. The summed E-state index contributed by atoms with van der Waals surface area (Å²) in [4.78, 5) is 13.6. The van der Waals surface area contributed by atoms with Crippen LogP contribution in [0.15, 0.2) is 36.4 Å². The van der Waals surface area contributed by atoms with E-state index >= 15 is 0 Å². The number of carbonyl (C=O) groups excluding carboxylic acids is 1. The molecule has 3 N–H and O–H groups in total. The first-order valence-electron chi connectivity index (χ1n) is 9.03. The van der Waals surface area contributed by atoms with Crippen LogP contribution in [0.3, 0.4) is 0 Å². The van der Waals surface area contributed by atoms with Crippen LogP contribution in [0.1, 0.15) is 29.5 Å². The van der Waals surface area contributed by atoms with Gasteiger partial charge in [-0.3, -0.25) is 4.72 Å². The number of carbonyl (C=O) groups is 1. The molecule has 0 fully saturated rings. The third-order valence-corrected chi connectivity index (χ3v) is 6.14. The van der Waals surface area contributed by atoms with E-state index in [-0.39, 0.29) is 18.3 Å². The fraction of sp³-hybridized carbons (Fsp3) is 0.316. The van der Waals surface area contributed by atoms with Crippen molar-refractivity contribution in [2.75, 3.05) is 24.9 Å². The van der Waals surface area contributed by atoms with E-state index in [0.717, 1.165) is 29.8 Å². The van der Waals surface area contributed by atoms with Gasteiger partial charge >= 0.3 is 16.2 Å². The Balaban J connectivity index is 0.00000320. The van der Waals surface area contributed by atoms with E-state index in [2.05, 4.69) is 14.9 Å². The van der Waals surface area contributed by atoms with E-state index in [1.807, 2.05) is 30.0 Å². The van der Waals surface area contributed by atoms with Gasteiger partial charge in [-0.25, -0.2) is 9.52 Å². The molecule has 0 saturated carbocycles. The Labute approximate surface area is 192 Å². The molecule has 2 aromatic rings. The van der Waals surface area contributed by atoms with Crippen molar-refractivity contribution in [2.45, 2.75) is 19.4 Å². The number of nitrogens with one attached hydrogen (secondary N) is 3. The van der Waals surface area contributed by atoms with Crippen molar-refractivity contribution in [3.8, 4) is 0 Å². The molecule has 1 aliphatic heterocycles. The van der Waals surface area contributed by atoms with E-state index in [1.54, 1.807) is 25.1 Å². The van der Waals surface area contributed by atoms with E-state index in [0.29, 0.717) is 22.3 Å². The SMILES string of the molecule is CCNC(=O)NS(=O)(=O)Nc1ccc(C2CN(C)Cc3c(Cl)cc(Cl)cc32)cc1.Cl. The molecule has 0 aromatic heterocycles. The Morgan fingerprint density at radius 1 is 1.20 bits per heavy atom. The summed E-state index contributed by atoms with van der Waals surface area (Å²) in [5.41, 5.74) is 3.48. The number of hydrogen-bond acceptors (Lipinski definition) is 4. The number of fused-ring (bicyclic) bond motifs is 1. The Hall–Kier alpha value is -1.71. The lowest BCUT2D eigenvalue weighted by molar-refractivity contribution is 0.246. The molecular formula is C19H23Cl3N4O3S. The van der Waals surface area contributed by atoms with Crippen molar-refractivity contribution in [2.24, 2.45) is 0 Å². The van der Waals surface area contributed by atoms with Crippen molar-refractivity contribution in [1.82, 2.24) is 14.9 Å². The van der Waals surface area contributed by atoms with Gasteiger partial charge in [0, 0.05) is 35.6 Å². The zero-order valence-corrected chi connectivity index (χ0v) is 19.6. The average molecular weight is 494 g/mol. The number of nitrogens with zero attached hydrogens (tertiary/aromatic N) is 1. The zero-order valence-electron chi connectivity index (χ0n) is 16.4. The van der Waals surface area contributed by atoms with Gasteiger partial charge in [-0.1, -0.05) is 35.3 Å². The van der Waals surface area contributed by atoms with E-state index in [9.17, 15) is 13.2 Å². The minimum absolute atomic E-state index is 0. The number of halogens is 3. The summed E-state index contributed by atoms with van der Waals surface area (Å²) < 4.78 is 28.3. The van der Waals surface area contributed by atoms with Crippen LogP contribution in [0.25, 0.3) is 0 Å². The van der Waals surface area contributed by atoms with Crippen LogP contribution in [0.2, 0.25) is 10.0 Å². The third kappa shape index (κ3) is 5.92. The molecule has 1 aliphatic rings. The molecule has 2 aromatic carbocycles. The molecule has 3 rings (SSSR count). The predicted octanol–water partition coefficient (Wildman–Crippen LogP) is 3.97. The summed E-state index contributed by atoms with van der Waals surface area (Å²) >= 11 is 12.6. The summed E-state index contributed by atoms with van der Waals surface area (Å²) in [6, 6.07) is 9.93. The number of rotatable bonds is 5. The molecule has 0 saturated heterocycles. The van der Waals surface area contributed by atoms with Crippen molar-refractivity contribution in [3.05, 3.63) is 63.1 Å². The molecule has 164 valence electrons. The van der Waals surface area contributed by atoms with Gasteiger partial charge in [-0.15, -0.1) is 12.4 Å². The van der Waals surface area contributed by atoms with Gasteiger partial charge in [0.15, 0.2) is 0 Å². The van der Waals surface area contributed by atoms with Gasteiger partial charge in [0.25, 0.3) is 0 Å². The minimum Gasteiger partial charge on any atom is -0.338 e. The number of hydrogen-bond donors (Lipinski definition) is 3. The van der Waals surface area contributed by atoms with Gasteiger partial charge in [0.1, 0.15) is 0 Å². The Morgan fingerprint density at radius 3 is 2.50 bits per heavy atom. The zero-order chi connectivity index (χ0) is 21.2. The molecular weight excluding hydrogens is 471 g/mol. The molecule has 11 heteroatoms. The fourth-order valence-corrected chi connectivity index (χ4v) is 4.80. The highest BCUT2D eigenvalue weighted by atomic mass is 35.5. The number of likely N-dealkylation sites (N-methyl/N-ethyl adjacent to an activating group) is 1. The highest BCUT2D eigenvalue weighted by Gasteiger charge is 2.27. The Morgan fingerprint density at radius 2 is 1.87 bits per heavy atom. The van der Waals surface area contributed by atoms with Crippen LogP contribution in [0, 0.1) is 0 Å². The lowest BCUT2D eigenvalue weighted by Gasteiger charge is -2.33. The van der Waals surface area contributed by atoms with Crippen LogP contribution >= 0.6 is 35.6 Å². The summed E-state index contributed by atoms with van der Waals surface area (Å²) in [6.07, 6.45) is 0. The van der Waals surface area contributed by atoms with Gasteiger partial charge in [-0.2, -0.15) is 8.42 Å². The highest BCUT2D eigenvalue weighted by molar-refractivity contribution is 7.91. The molecule has 2 amide bonds. The predicted molar refractivity (Wildman–Crippen MR) is 123 cm³/mol. The van der Waals surface area contributed by atoms with Crippen molar-refractivity contribution in [1.29, 1.82) is 0 Å². The van der Waals surface area contributed by atoms with Crippen molar-refractivity contribution < 1.29 is 13.2 Å². The first-order chi connectivity index (χ1) is 13.7. The second-order valence-corrected chi connectivity index (χ2v) is 9.15. The quantitative estimate of drug-likeness (QED) is 0.588. The number of benzene rings is 2. The highest BCUT2D eigenvalue weighted by Crippen LogP contribution is 2.38. The van der Waals surface area contributed by atoms with E-state index in [4.69, 9.17) is 23.2 Å². The maximum absolute atomic E-state index is 12.0. The lowest BCUT2D eigenvalue weighted by Crippen LogP contribution is -2.42. The smallest absolute Gasteiger partial charge is 0.329 e. The maximum atomic E-state index is 12.0. The first kappa shape index (κ1) is 24.6. The molecule has 1 heterocycles. The number of anilines is 1. The average Bonchev–Trinajstić information content (AvgIpc) is 2.62. The standard InChI is InChI=1S/C19H22Cl2N4O3S.ClH/c1-3-22-19(26)24-29(27,28)23-14-6-4-12(5-7-14)16-10-25(2)11-17-15(16)8-13(20)9-18(17)21;/h4-9,16,23H,3,10-11H2,1-2H3,(H2,22,24,26);1H. The van der Waals surface area contributed by atoms with Crippen molar-refractivity contribution >= 4 is 57.5 Å². The molecule has 30 heavy (non-hydrogen) atoms. The molecule has 1 unspecified atom stereocenters. The summed E-state index contributed by atoms with van der Waals surface area (Å²) in [5.74, 6) is 0.0547. The van der Waals surface area contributed by atoms with Crippen LogP contribution in [-0.2, 0) is 16.8 Å². The van der Waals surface area contributed by atoms with Crippen molar-refractivity contribution in [3.63, 3.8) is 0 Å². The molecule has 7 nitrogen and oxygen atoms in total. The fourth-order valence-electron chi connectivity index (χ4n) is 3.41. The molecule has 0 bridgehead atoms. The molecule has 0 radical (unpaired) electrons. The number of urea groups is 1. The summed E-state index contributed by atoms with van der Waals surface area (Å²) in [6.45, 7) is 3.54. The first-order valence-corrected chi connectivity index (χ1v) is 11.3. The molecule has 0 spiro atoms. The normalized spacial score (nSPS) is 16.2. The van der Waals surface area contributed by atoms with E-state index < -0.39 is 16.2 Å². The second kappa shape index (κ2) is 10.1. The minimum atomic E-state index is -4.02. The summed E-state index contributed by atoms with van der Waals surface area (Å²) in [5, 5.41) is 3.60. The van der Waals surface area contributed by atoms with Gasteiger partial charge in [-0.05, 0) is 54.9 Å². The van der Waals surface area contributed by atoms with E-state index in [1.165, 1.54) is 0 Å². The molecule has 1 atom stereocenters. The number of amides is 2. The lowest BCUT2D eigenvalue weighted by atomic mass is 9.85. The van der Waals surface area contributed by atoms with Gasteiger partial charge in [0.05, 0.1) is 5.69 Å². The van der Waals surface area contributed by atoms with Gasteiger partial charge in [0.2, 0.25) is 0 Å². The largest absolute Gasteiger partial charge is 0.338 e. The summed E-state index contributed by atoms with van der Waals surface area (Å²) in [7, 11) is -1.99. The van der Waals surface area contributed by atoms with Crippen LogP contribution in [0.5, 0.6) is 0 Å². The Kier molecular flexibility index (Phi) is 8.24. The second-order valence-electron chi connectivity index (χ2n) is 6.89. The topological polar surface area (TPSA) is 90.5 Å². The van der Waals surface area contributed by atoms with Gasteiger partial charge < -0.3 is 10.2 Å². The maximum Gasteiger partial charge on any atom is 0.329 e.